The third kappa shape index (κ3) is 8.28. The molecule has 154 valence electrons. The molecule has 1 rings (SSSR count). The maximum absolute atomic E-state index is 11.8. The number of carbonyl (C=O) groups is 1. The maximum Gasteiger partial charge on any atom is 0.409 e. The third-order valence-electron chi connectivity index (χ3n) is 4.39. The molecule has 1 fully saturated rings. The van der Waals surface area contributed by atoms with E-state index in [0.29, 0.717) is 31.8 Å². The van der Waals surface area contributed by atoms with Crippen molar-refractivity contribution in [3.05, 3.63) is 0 Å². The van der Waals surface area contributed by atoms with E-state index < -0.39 is 0 Å². The highest BCUT2D eigenvalue weighted by atomic mass is 127. The zero-order valence-corrected chi connectivity index (χ0v) is 19.7. The van der Waals surface area contributed by atoms with Gasteiger partial charge in [-0.3, -0.25) is 9.89 Å². The second kappa shape index (κ2) is 13.4. The van der Waals surface area contributed by atoms with Gasteiger partial charge in [0.05, 0.1) is 13.2 Å². The Hall–Kier alpha value is -0.770. The van der Waals surface area contributed by atoms with Crippen LogP contribution in [0.5, 0.6) is 0 Å². The van der Waals surface area contributed by atoms with E-state index in [-0.39, 0.29) is 30.1 Å². The Morgan fingerprint density at radius 1 is 1.08 bits per heavy atom. The molecule has 1 N–H and O–H groups in total. The van der Waals surface area contributed by atoms with Crippen molar-refractivity contribution in [1.82, 2.24) is 20.0 Å². The molecule has 8 heteroatoms. The zero-order valence-electron chi connectivity index (χ0n) is 17.3. The van der Waals surface area contributed by atoms with E-state index in [9.17, 15) is 4.79 Å². The molecule has 1 aliphatic heterocycles. The van der Waals surface area contributed by atoms with Gasteiger partial charge in [0, 0.05) is 51.4 Å². The number of halogens is 1. The van der Waals surface area contributed by atoms with Crippen LogP contribution in [0.1, 0.15) is 41.5 Å². The first-order valence-corrected chi connectivity index (χ1v) is 9.61. The van der Waals surface area contributed by atoms with Gasteiger partial charge in [0.15, 0.2) is 5.96 Å². The molecule has 0 atom stereocenters. The average molecular weight is 483 g/mol. The predicted molar refractivity (Wildman–Crippen MR) is 119 cm³/mol. The van der Waals surface area contributed by atoms with E-state index in [1.54, 1.807) is 4.90 Å². The summed E-state index contributed by atoms with van der Waals surface area (Å²) >= 11 is 0. The van der Waals surface area contributed by atoms with Crippen molar-refractivity contribution < 1.29 is 9.53 Å². The van der Waals surface area contributed by atoms with Crippen LogP contribution in [0, 0.1) is 0 Å². The van der Waals surface area contributed by atoms with Crippen LogP contribution in [0.15, 0.2) is 4.99 Å². The largest absolute Gasteiger partial charge is 0.450 e. The lowest BCUT2D eigenvalue weighted by Gasteiger charge is -2.36. The second-order valence-electron chi connectivity index (χ2n) is 6.83. The van der Waals surface area contributed by atoms with E-state index in [1.165, 1.54) is 0 Å². The molecule has 0 aromatic rings. The first kappa shape index (κ1) is 25.2. The summed E-state index contributed by atoms with van der Waals surface area (Å²) in [6.07, 6.45) is -0.214. The Morgan fingerprint density at radius 3 is 2.08 bits per heavy atom. The standard InChI is InChI=1S/C18H37N5O2.HI/c1-7-19-17(20-9-10-23(15(3)4)16(5)6)21-11-13-22(14-12-21)18(24)25-8-2;/h15-16H,7-14H2,1-6H3,(H,19,20);1H. The number of carbonyl (C=O) groups excluding carboxylic acids is 1. The number of ether oxygens (including phenoxy) is 1. The van der Waals surface area contributed by atoms with Crippen LogP contribution in [0.4, 0.5) is 4.79 Å². The van der Waals surface area contributed by atoms with Gasteiger partial charge < -0.3 is 19.9 Å². The quantitative estimate of drug-likeness (QED) is 0.343. The van der Waals surface area contributed by atoms with Gasteiger partial charge in [-0.15, -0.1) is 24.0 Å². The van der Waals surface area contributed by atoms with Crippen molar-refractivity contribution in [2.24, 2.45) is 4.99 Å². The number of amides is 1. The molecule has 0 radical (unpaired) electrons. The van der Waals surface area contributed by atoms with Crippen molar-refractivity contribution in [2.75, 3.05) is 52.4 Å². The number of hydrogen-bond donors (Lipinski definition) is 1. The van der Waals surface area contributed by atoms with Gasteiger partial charge in [0.2, 0.25) is 0 Å². The van der Waals surface area contributed by atoms with Gasteiger partial charge in [-0.2, -0.15) is 0 Å². The van der Waals surface area contributed by atoms with Crippen LogP contribution < -0.4 is 5.32 Å². The SMILES string of the molecule is CCNC(=NCCN(C(C)C)C(C)C)N1CCN(C(=O)OCC)CC1.I. The molecule has 0 spiro atoms. The minimum atomic E-state index is -0.214. The second-order valence-corrected chi connectivity index (χ2v) is 6.83. The van der Waals surface area contributed by atoms with E-state index in [0.717, 1.165) is 38.7 Å². The summed E-state index contributed by atoms with van der Waals surface area (Å²) in [5.41, 5.74) is 0. The Bertz CT molecular complexity index is 416. The highest BCUT2D eigenvalue weighted by Crippen LogP contribution is 2.06. The molecule has 0 bridgehead atoms. The van der Waals surface area contributed by atoms with Gasteiger partial charge in [-0.05, 0) is 41.5 Å². The molecule has 1 aliphatic rings. The molecule has 0 aliphatic carbocycles. The number of nitrogens with zero attached hydrogens (tertiary/aromatic N) is 4. The lowest BCUT2D eigenvalue weighted by Crippen LogP contribution is -2.54. The Labute approximate surface area is 176 Å². The summed E-state index contributed by atoms with van der Waals surface area (Å²) in [5, 5.41) is 3.38. The Balaban J connectivity index is 0.00000625. The van der Waals surface area contributed by atoms with Crippen LogP contribution in [-0.2, 0) is 4.74 Å². The van der Waals surface area contributed by atoms with Crippen molar-refractivity contribution in [3.8, 4) is 0 Å². The molecular formula is C18H38IN5O2. The monoisotopic (exact) mass is 483 g/mol. The molecule has 0 saturated carbocycles. The zero-order chi connectivity index (χ0) is 18.8. The first-order valence-electron chi connectivity index (χ1n) is 9.61. The summed E-state index contributed by atoms with van der Waals surface area (Å²) in [5.74, 6) is 0.943. The summed E-state index contributed by atoms with van der Waals surface area (Å²) in [6, 6.07) is 1.04. The van der Waals surface area contributed by atoms with E-state index in [4.69, 9.17) is 9.73 Å². The molecule has 1 amide bonds. The fourth-order valence-electron chi connectivity index (χ4n) is 3.13. The maximum atomic E-state index is 11.8. The van der Waals surface area contributed by atoms with Crippen LogP contribution in [0.2, 0.25) is 0 Å². The molecule has 26 heavy (non-hydrogen) atoms. The number of hydrogen-bond acceptors (Lipinski definition) is 4. The van der Waals surface area contributed by atoms with Crippen molar-refractivity contribution in [3.63, 3.8) is 0 Å². The molecule has 0 unspecified atom stereocenters. The average Bonchev–Trinajstić information content (AvgIpc) is 2.57. The summed E-state index contributed by atoms with van der Waals surface area (Å²) < 4.78 is 5.08. The Kier molecular flexibility index (Phi) is 13.0. The lowest BCUT2D eigenvalue weighted by molar-refractivity contribution is 0.0914. The number of rotatable bonds is 7. The minimum absolute atomic E-state index is 0. The predicted octanol–water partition coefficient (Wildman–Crippen LogP) is 2.46. The smallest absolute Gasteiger partial charge is 0.409 e. The summed E-state index contributed by atoms with van der Waals surface area (Å²) in [7, 11) is 0. The summed E-state index contributed by atoms with van der Waals surface area (Å²) in [6.45, 7) is 18.7. The van der Waals surface area contributed by atoms with Crippen molar-refractivity contribution in [2.45, 2.75) is 53.6 Å². The lowest BCUT2D eigenvalue weighted by atomic mass is 10.2. The van der Waals surface area contributed by atoms with Gasteiger partial charge in [0.1, 0.15) is 0 Å². The Morgan fingerprint density at radius 2 is 1.62 bits per heavy atom. The molecule has 0 aromatic carbocycles. The fourth-order valence-corrected chi connectivity index (χ4v) is 3.13. The van der Waals surface area contributed by atoms with Crippen LogP contribution in [-0.4, -0.2) is 91.3 Å². The van der Waals surface area contributed by atoms with E-state index >= 15 is 0 Å². The fraction of sp³-hybridized carbons (Fsp3) is 0.889. The molecule has 1 heterocycles. The number of aliphatic imine (C=N–C) groups is 1. The van der Waals surface area contributed by atoms with Crippen LogP contribution in [0.3, 0.4) is 0 Å². The van der Waals surface area contributed by atoms with Crippen LogP contribution in [0.25, 0.3) is 0 Å². The van der Waals surface area contributed by atoms with E-state index in [1.807, 2.05) is 6.92 Å². The highest BCUT2D eigenvalue weighted by molar-refractivity contribution is 14.0. The van der Waals surface area contributed by atoms with Gasteiger partial charge in [-0.25, -0.2) is 4.79 Å². The molecule has 1 saturated heterocycles. The summed E-state index contributed by atoms with van der Waals surface area (Å²) in [4.78, 5) is 23.1. The highest BCUT2D eigenvalue weighted by Gasteiger charge is 2.23. The molecule has 0 aromatic heterocycles. The third-order valence-corrected chi connectivity index (χ3v) is 4.39. The normalized spacial score (nSPS) is 15.5. The van der Waals surface area contributed by atoms with Crippen LogP contribution >= 0.6 is 24.0 Å². The topological polar surface area (TPSA) is 60.4 Å². The number of guanidine groups is 1. The number of piperazine rings is 1. The van der Waals surface area contributed by atoms with Crippen molar-refractivity contribution >= 4 is 36.0 Å². The minimum Gasteiger partial charge on any atom is -0.450 e. The van der Waals surface area contributed by atoms with Gasteiger partial charge in [0.25, 0.3) is 0 Å². The first-order chi connectivity index (χ1) is 11.9. The van der Waals surface area contributed by atoms with Gasteiger partial charge in [-0.1, -0.05) is 0 Å². The van der Waals surface area contributed by atoms with Gasteiger partial charge >= 0.3 is 6.09 Å². The number of nitrogens with one attached hydrogen (secondary N) is 1. The van der Waals surface area contributed by atoms with Crippen molar-refractivity contribution in [1.29, 1.82) is 0 Å². The van der Waals surface area contributed by atoms with E-state index in [2.05, 4.69) is 49.7 Å². The molecule has 7 nitrogen and oxygen atoms in total. The molecular weight excluding hydrogens is 445 g/mol.